The summed E-state index contributed by atoms with van der Waals surface area (Å²) in [7, 11) is 1.19. The minimum atomic E-state index is -1.23. The van der Waals surface area contributed by atoms with E-state index in [9.17, 15) is 23.2 Å². The number of fused-ring (bicyclic) bond motifs is 1. The number of rotatable bonds is 7. The molecule has 0 saturated heterocycles. The van der Waals surface area contributed by atoms with Crippen molar-refractivity contribution in [2.24, 2.45) is 0 Å². The van der Waals surface area contributed by atoms with Gasteiger partial charge in [-0.25, -0.2) is 4.39 Å². The molecule has 0 spiro atoms. The first-order chi connectivity index (χ1) is 13.4. The summed E-state index contributed by atoms with van der Waals surface area (Å²) in [4.78, 5) is 36.6. The standard InChI is InChI=1S/C19H20F2N2O5/c1-3-28-14(24)6-7-22-19(26)12-9-23(10-4-5-10)16-11(17(12)25)8-13(20)15(21)18(16)27-2/h8-10H,3-7H2,1-2H3,(H,22,26). The van der Waals surface area contributed by atoms with Gasteiger partial charge in [0.15, 0.2) is 11.6 Å². The van der Waals surface area contributed by atoms with Crippen LogP contribution >= 0.6 is 0 Å². The molecule has 0 radical (unpaired) electrons. The summed E-state index contributed by atoms with van der Waals surface area (Å²) in [5.41, 5.74) is -0.828. The van der Waals surface area contributed by atoms with E-state index in [1.165, 1.54) is 13.3 Å². The number of esters is 1. The van der Waals surface area contributed by atoms with Gasteiger partial charge in [-0.2, -0.15) is 4.39 Å². The summed E-state index contributed by atoms with van der Waals surface area (Å²) < 4.78 is 39.5. The van der Waals surface area contributed by atoms with Crippen LogP contribution in [0.4, 0.5) is 8.78 Å². The molecule has 1 fully saturated rings. The number of halogens is 2. The van der Waals surface area contributed by atoms with Gasteiger partial charge in [0.25, 0.3) is 5.91 Å². The smallest absolute Gasteiger partial charge is 0.307 e. The second kappa shape index (κ2) is 7.95. The first kappa shape index (κ1) is 19.8. The van der Waals surface area contributed by atoms with Gasteiger partial charge in [0.1, 0.15) is 5.56 Å². The molecule has 1 aromatic heterocycles. The van der Waals surface area contributed by atoms with Gasteiger partial charge in [0.2, 0.25) is 11.2 Å². The van der Waals surface area contributed by atoms with Gasteiger partial charge in [-0.05, 0) is 25.8 Å². The average molecular weight is 394 g/mol. The second-order valence-electron chi connectivity index (χ2n) is 6.42. The number of hydrogen-bond acceptors (Lipinski definition) is 5. The monoisotopic (exact) mass is 394 g/mol. The molecule has 0 unspecified atom stereocenters. The number of amides is 1. The third kappa shape index (κ3) is 3.69. The van der Waals surface area contributed by atoms with Crippen LogP contribution in [0.15, 0.2) is 17.1 Å². The van der Waals surface area contributed by atoms with Crippen molar-refractivity contribution < 1.29 is 27.8 Å². The number of carbonyl (C=O) groups excluding carboxylic acids is 2. The first-order valence-corrected chi connectivity index (χ1v) is 8.93. The van der Waals surface area contributed by atoms with Crippen molar-refractivity contribution >= 4 is 22.8 Å². The lowest BCUT2D eigenvalue weighted by atomic mass is 10.1. The summed E-state index contributed by atoms with van der Waals surface area (Å²) in [6.45, 7) is 1.88. The maximum atomic E-state index is 14.2. The van der Waals surface area contributed by atoms with Crippen molar-refractivity contribution in [1.82, 2.24) is 9.88 Å². The minimum Gasteiger partial charge on any atom is -0.491 e. The van der Waals surface area contributed by atoms with Crippen molar-refractivity contribution in [1.29, 1.82) is 0 Å². The largest absolute Gasteiger partial charge is 0.491 e. The van der Waals surface area contributed by atoms with Crippen LogP contribution in [-0.2, 0) is 9.53 Å². The Labute approximate surface area is 159 Å². The SMILES string of the molecule is CCOC(=O)CCNC(=O)c1cn(C2CC2)c2c(OC)c(F)c(F)cc2c1=O. The van der Waals surface area contributed by atoms with Crippen LogP contribution in [-0.4, -0.2) is 36.7 Å². The van der Waals surface area contributed by atoms with E-state index < -0.39 is 28.9 Å². The Morgan fingerprint density at radius 2 is 2.04 bits per heavy atom. The fourth-order valence-corrected chi connectivity index (χ4v) is 3.03. The number of nitrogens with one attached hydrogen (secondary N) is 1. The van der Waals surface area contributed by atoms with E-state index in [1.807, 2.05) is 0 Å². The van der Waals surface area contributed by atoms with Crippen LogP contribution in [0.2, 0.25) is 0 Å². The fourth-order valence-electron chi connectivity index (χ4n) is 3.03. The van der Waals surface area contributed by atoms with Gasteiger partial charge in [0, 0.05) is 18.8 Å². The zero-order valence-electron chi connectivity index (χ0n) is 15.5. The molecule has 2 aromatic rings. The van der Waals surface area contributed by atoms with E-state index in [2.05, 4.69) is 5.32 Å². The molecule has 0 bridgehead atoms. The van der Waals surface area contributed by atoms with Crippen molar-refractivity contribution in [2.45, 2.75) is 32.2 Å². The summed E-state index contributed by atoms with van der Waals surface area (Å²) in [5.74, 6) is -3.96. The highest BCUT2D eigenvalue weighted by Crippen LogP contribution is 2.40. The van der Waals surface area contributed by atoms with Crippen LogP contribution in [0.1, 0.15) is 42.6 Å². The van der Waals surface area contributed by atoms with Crippen LogP contribution in [0, 0.1) is 11.6 Å². The van der Waals surface area contributed by atoms with Gasteiger partial charge < -0.3 is 19.4 Å². The summed E-state index contributed by atoms with van der Waals surface area (Å²) in [6.07, 6.45) is 2.85. The molecule has 1 heterocycles. The zero-order valence-corrected chi connectivity index (χ0v) is 15.5. The number of pyridine rings is 1. The Bertz CT molecular complexity index is 998. The molecule has 1 aromatic carbocycles. The van der Waals surface area contributed by atoms with Crippen LogP contribution in [0.5, 0.6) is 5.75 Å². The van der Waals surface area contributed by atoms with E-state index in [4.69, 9.17) is 9.47 Å². The lowest BCUT2D eigenvalue weighted by molar-refractivity contribution is -0.142. The Kier molecular flexibility index (Phi) is 5.62. The van der Waals surface area contributed by atoms with Gasteiger partial charge >= 0.3 is 5.97 Å². The summed E-state index contributed by atoms with van der Waals surface area (Å²) in [5, 5.41) is 2.34. The number of aromatic nitrogens is 1. The Hall–Kier alpha value is -2.97. The Morgan fingerprint density at radius 3 is 2.64 bits per heavy atom. The molecule has 3 rings (SSSR count). The third-order valence-corrected chi connectivity index (χ3v) is 4.47. The summed E-state index contributed by atoms with van der Waals surface area (Å²) in [6, 6.07) is 0.747. The molecular formula is C19H20F2N2O5. The van der Waals surface area contributed by atoms with E-state index in [0.29, 0.717) is 0 Å². The number of ether oxygens (including phenoxy) is 2. The molecule has 1 N–H and O–H groups in total. The van der Waals surface area contributed by atoms with Crippen molar-refractivity contribution in [3.05, 3.63) is 39.7 Å². The average Bonchev–Trinajstić information content (AvgIpc) is 3.49. The molecule has 1 aliphatic rings. The maximum absolute atomic E-state index is 14.2. The number of nitrogens with zero attached hydrogens (tertiary/aromatic N) is 1. The lowest BCUT2D eigenvalue weighted by Crippen LogP contribution is -2.31. The van der Waals surface area contributed by atoms with Crippen LogP contribution < -0.4 is 15.5 Å². The minimum absolute atomic E-state index is 0.0142. The van der Waals surface area contributed by atoms with Crippen molar-refractivity contribution in [3.63, 3.8) is 0 Å². The molecular weight excluding hydrogens is 374 g/mol. The first-order valence-electron chi connectivity index (χ1n) is 8.93. The van der Waals surface area contributed by atoms with Gasteiger partial charge in [-0.3, -0.25) is 14.4 Å². The van der Waals surface area contributed by atoms with Crippen LogP contribution in [0.25, 0.3) is 10.9 Å². The predicted molar refractivity (Wildman–Crippen MR) is 96.5 cm³/mol. The molecule has 1 saturated carbocycles. The Balaban J connectivity index is 2.01. The fraction of sp³-hybridized carbons (Fsp3) is 0.421. The third-order valence-electron chi connectivity index (χ3n) is 4.47. The summed E-state index contributed by atoms with van der Waals surface area (Å²) >= 11 is 0. The molecule has 1 aliphatic carbocycles. The van der Waals surface area contributed by atoms with Crippen molar-refractivity contribution in [3.8, 4) is 5.75 Å². The lowest BCUT2D eigenvalue weighted by Gasteiger charge is -2.16. The highest BCUT2D eigenvalue weighted by molar-refractivity contribution is 5.98. The normalized spacial score (nSPS) is 13.4. The molecule has 150 valence electrons. The highest BCUT2D eigenvalue weighted by Gasteiger charge is 2.30. The van der Waals surface area contributed by atoms with Gasteiger partial charge in [-0.1, -0.05) is 0 Å². The number of benzene rings is 1. The molecule has 7 nitrogen and oxygen atoms in total. The number of hydrogen-bond donors (Lipinski definition) is 1. The second-order valence-corrected chi connectivity index (χ2v) is 6.42. The quantitative estimate of drug-likeness (QED) is 0.729. The van der Waals surface area contributed by atoms with E-state index in [1.54, 1.807) is 11.5 Å². The Morgan fingerprint density at radius 1 is 1.32 bits per heavy atom. The van der Waals surface area contributed by atoms with Crippen LogP contribution in [0.3, 0.4) is 0 Å². The predicted octanol–water partition coefficient (Wildman–Crippen LogP) is 2.31. The van der Waals surface area contributed by atoms with Crippen molar-refractivity contribution in [2.75, 3.05) is 20.3 Å². The topological polar surface area (TPSA) is 86.6 Å². The van der Waals surface area contributed by atoms with E-state index in [0.717, 1.165) is 18.9 Å². The van der Waals surface area contributed by atoms with E-state index >= 15 is 0 Å². The number of methoxy groups -OCH3 is 1. The zero-order chi connectivity index (χ0) is 20.4. The molecule has 0 aliphatic heterocycles. The van der Waals surface area contributed by atoms with E-state index in [-0.39, 0.29) is 47.8 Å². The molecule has 1 amide bonds. The van der Waals surface area contributed by atoms with Gasteiger partial charge in [-0.15, -0.1) is 0 Å². The van der Waals surface area contributed by atoms with Gasteiger partial charge in [0.05, 0.1) is 31.0 Å². The molecule has 9 heteroatoms. The molecule has 28 heavy (non-hydrogen) atoms. The highest BCUT2D eigenvalue weighted by atomic mass is 19.2. The molecule has 0 atom stereocenters. The number of carbonyl (C=O) groups is 2. The maximum Gasteiger partial charge on any atom is 0.307 e.